The number of hydrogen-bond acceptors (Lipinski definition) is 11. The molecule has 2 atom stereocenters. The van der Waals surface area contributed by atoms with Crippen molar-refractivity contribution >= 4 is 46.5 Å². The molecule has 0 bridgehead atoms. The number of anilines is 1. The third-order valence-electron chi connectivity index (χ3n) is 6.78. The van der Waals surface area contributed by atoms with Crippen LogP contribution in [-0.2, 0) is 27.5 Å². The highest BCUT2D eigenvalue weighted by atomic mass is 32.2. The van der Waals surface area contributed by atoms with Gasteiger partial charge in [-0.3, -0.25) is 19.5 Å². The molecular formula is C28H32N6O8S. The van der Waals surface area contributed by atoms with E-state index in [1.165, 1.54) is 17.8 Å². The van der Waals surface area contributed by atoms with Gasteiger partial charge in [-0.1, -0.05) is 0 Å². The number of pyridine rings is 3. The zero-order chi connectivity index (χ0) is 30.9. The Kier molecular flexibility index (Phi) is 10.8. The monoisotopic (exact) mass is 612 g/mol. The van der Waals surface area contributed by atoms with Gasteiger partial charge in [0.2, 0.25) is 5.91 Å². The largest absolute Gasteiger partial charge is 0.495 e. The molecule has 0 spiro atoms. The molecule has 3 aromatic heterocycles. The van der Waals surface area contributed by atoms with E-state index in [1.807, 2.05) is 18.2 Å². The highest BCUT2D eigenvalue weighted by Gasteiger charge is 2.30. The molecule has 1 fully saturated rings. The average Bonchev–Trinajstić information content (AvgIpc) is 3.34. The van der Waals surface area contributed by atoms with Crippen LogP contribution in [0.1, 0.15) is 5.69 Å². The maximum atomic E-state index is 12.5. The van der Waals surface area contributed by atoms with Crippen molar-refractivity contribution in [2.45, 2.75) is 24.1 Å². The summed E-state index contributed by atoms with van der Waals surface area (Å²) < 4.78 is 6.98. The molecule has 0 saturated carbocycles. The zero-order valence-corrected chi connectivity index (χ0v) is 24.1. The van der Waals surface area contributed by atoms with E-state index >= 15 is 0 Å². The van der Waals surface area contributed by atoms with Gasteiger partial charge < -0.3 is 35.3 Å². The second-order valence-electron chi connectivity index (χ2n) is 9.82. The Morgan fingerprint density at radius 3 is 2.63 bits per heavy atom. The number of aliphatic hydroxyl groups excluding tert-OH is 1. The minimum absolute atomic E-state index is 0.0320. The number of nitrogens with zero attached hydrogens (tertiary/aromatic N) is 4. The van der Waals surface area contributed by atoms with E-state index in [4.69, 9.17) is 14.9 Å². The minimum Gasteiger partial charge on any atom is -0.495 e. The molecule has 0 aromatic carbocycles. The molecule has 2 aliphatic heterocycles. The van der Waals surface area contributed by atoms with E-state index in [-0.39, 0.29) is 17.4 Å². The lowest BCUT2D eigenvalue weighted by Gasteiger charge is -2.18. The summed E-state index contributed by atoms with van der Waals surface area (Å²) >= 11 is 1.49. The molecule has 14 nitrogen and oxygen atoms in total. The molecule has 228 valence electrons. The van der Waals surface area contributed by atoms with Crippen molar-refractivity contribution in [1.29, 1.82) is 0 Å². The lowest BCUT2D eigenvalue weighted by Crippen LogP contribution is -2.31. The summed E-state index contributed by atoms with van der Waals surface area (Å²) in [6.45, 7) is 3.64. The van der Waals surface area contributed by atoms with Gasteiger partial charge in [0.05, 0.1) is 46.8 Å². The first-order valence-electron chi connectivity index (χ1n) is 13.3. The van der Waals surface area contributed by atoms with E-state index < -0.39 is 18.0 Å². The number of ether oxygens (including phenoxy) is 1. The first-order chi connectivity index (χ1) is 20.6. The predicted molar refractivity (Wildman–Crippen MR) is 158 cm³/mol. The molecule has 0 aliphatic carbocycles. The lowest BCUT2D eigenvalue weighted by molar-refractivity contribution is -0.134. The number of thioether (sulfide) groups is 1. The molecule has 2 aliphatic rings. The molecular weight excluding hydrogens is 580 g/mol. The molecule has 43 heavy (non-hydrogen) atoms. The molecule has 1 saturated heterocycles. The number of carbonyl (C=O) groups is 3. The number of β-amino-alcohol motifs (C(OH)–C–C–N with tert-alkyl or cyclic N) is 1. The number of carbonyl (C=O) groups excluding carboxylic acids is 1. The number of amides is 1. The second-order valence-corrected chi connectivity index (χ2v) is 10.8. The standard InChI is InChI=1S/C24H28N6O4S.C4H4O4/c1-34-17-8-19-18(26-11-17)3-5-23(33)30(19)7-6-29-12-15(20(31)13-29)9-25-10-16-2-4-21-24(27-16)28-22(32)14-35-21;5-3(6)1-2-4(7)8/h2-5,8,11,15,20,25,31H,6-7,9-10,12-14H2,1H3,(H,27,28,32);1-2H,(H,5,6)(H,7,8)/t15-,20+;/m0./s1. The fourth-order valence-electron chi connectivity index (χ4n) is 4.69. The fraction of sp³-hybridized carbons (Fsp3) is 0.357. The van der Waals surface area contributed by atoms with Gasteiger partial charge in [-0.2, -0.15) is 0 Å². The maximum absolute atomic E-state index is 12.5. The molecule has 5 heterocycles. The summed E-state index contributed by atoms with van der Waals surface area (Å²) in [7, 11) is 1.58. The van der Waals surface area contributed by atoms with Gasteiger partial charge in [0.25, 0.3) is 5.56 Å². The van der Waals surface area contributed by atoms with Gasteiger partial charge in [-0.25, -0.2) is 14.6 Å². The first kappa shape index (κ1) is 31.6. The van der Waals surface area contributed by atoms with Crippen molar-refractivity contribution in [3.05, 3.63) is 64.7 Å². The minimum atomic E-state index is -1.26. The van der Waals surface area contributed by atoms with Gasteiger partial charge in [-0.05, 0) is 18.2 Å². The number of rotatable bonds is 10. The summed E-state index contributed by atoms with van der Waals surface area (Å²) in [5.41, 5.74) is 2.23. The van der Waals surface area contributed by atoms with Crippen molar-refractivity contribution in [1.82, 2.24) is 24.8 Å². The summed E-state index contributed by atoms with van der Waals surface area (Å²) in [4.78, 5) is 55.3. The van der Waals surface area contributed by atoms with Gasteiger partial charge in [0.15, 0.2) is 0 Å². The first-order valence-corrected chi connectivity index (χ1v) is 14.3. The summed E-state index contributed by atoms with van der Waals surface area (Å²) in [6, 6.07) is 9.02. The van der Waals surface area contributed by atoms with Gasteiger partial charge >= 0.3 is 11.9 Å². The van der Waals surface area contributed by atoms with Crippen LogP contribution < -0.4 is 20.9 Å². The van der Waals surface area contributed by atoms with Crippen LogP contribution in [0.15, 0.2) is 58.4 Å². The predicted octanol–water partition coefficient (Wildman–Crippen LogP) is 0.639. The molecule has 5 N–H and O–H groups in total. The van der Waals surface area contributed by atoms with E-state index in [9.17, 15) is 24.3 Å². The molecule has 15 heteroatoms. The quantitative estimate of drug-likeness (QED) is 0.200. The number of likely N-dealkylation sites (tertiary alicyclic amines) is 1. The summed E-state index contributed by atoms with van der Waals surface area (Å²) in [5, 5.41) is 32.4. The molecule has 3 aromatic rings. The van der Waals surface area contributed by atoms with E-state index in [0.29, 0.717) is 62.2 Å². The van der Waals surface area contributed by atoms with Crippen molar-refractivity contribution in [3.63, 3.8) is 0 Å². The summed E-state index contributed by atoms with van der Waals surface area (Å²) in [5.74, 6) is -0.824. The number of aliphatic carboxylic acids is 2. The van der Waals surface area contributed by atoms with Crippen molar-refractivity contribution in [2.75, 3.05) is 44.4 Å². The van der Waals surface area contributed by atoms with Gasteiger partial charge in [0, 0.05) is 69.5 Å². The van der Waals surface area contributed by atoms with Gasteiger partial charge in [0.1, 0.15) is 11.6 Å². The average molecular weight is 613 g/mol. The number of fused-ring (bicyclic) bond motifs is 2. The van der Waals surface area contributed by atoms with E-state index in [1.54, 1.807) is 23.9 Å². The normalized spacial score (nSPS) is 18.1. The van der Waals surface area contributed by atoms with Crippen LogP contribution in [0.4, 0.5) is 5.82 Å². The molecule has 1 amide bonds. The fourth-order valence-corrected chi connectivity index (χ4v) is 5.44. The number of carboxylic acid groups (broad SMARTS) is 2. The van der Waals surface area contributed by atoms with E-state index in [0.717, 1.165) is 28.2 Å². The topological polar surface area (TPSA) is 196 Å². The number of aromatic nitrogens is 3. The third-order valence-corrected chi connectivity index (χ3v) is 7.83. The Morgan fingerprint density at radius 1 is 1.14 bits per heavy atom. The highest BCUT2D eigenvalue weighted by Crippen LogP contribution is 2.29. The molecule has 0 radical (unpaired) electrons. The smallest absolute Gasteiger partial charge is 0.328 e. The van der Waals surface area contributed by atoms with Crippen molar-refractivity contribution in [2.24, 2.45) is 5.92 Å². The second kappa shape index (κ2) is 14.7. The van der Waals surface area contributed by atoms with Crippen LogP contribution in [0.3, 0.4) is 0 Å². The lowest BCUT2D eigenvalue weighted by atomic mass is 10.1. The Labute approximate surface area is 250 Å². The Bertz CT molecular complexity index is 1560. The number of nitrogens with one attached hydrogen (secondary N) is 2. The van der Waals surface area contributed by atoms with Crippen LogP contribution in [-0.4, -0.2) is 97.7 Å². The van der Waals surface area contributed by atoms with Crippen LogP contribution in [0.2, 0.25) is 0 Å². The Hall–Kier alpha value is -4.31. The van der Waals surface area contributed by atoms with Gasteiger partial charge in [-0.15, -0.1) is 11.8 Å². The number of carboxylic acids is 2. The van der Waals surface area contributed by atoms with Crippen molar-refractivity contribution in [3.8, 4) is 5.75 Å². The van der Waals surface area contributed by atoms with Crippen LogP contribution >= 0.6 is 11.8 Å². The zero-order valence-electron chi connectivity index (χ0n) is 23.3. The Morgan fingerprint density at radius 2 is 1.91 bits per heavy atom. The van der Waals surface area contributed by atoms with Crippen LogP contribution in [0, 0.1) is 5.92 Å². The van der Waals surface area contributed by atoms with Crippen molar-refractivity contribution < 1.29 is 34.4 Å². The maximum Gasteiger partial charge on any atom is 0.328 e. The van der Waals surface area contributed by atoms with E-state index in [2.05, 4.69) is 25.5 Å². The van der Waals surface area contributed by atoms with Crippen LogP contribution in [0.5, 0.6) is 5.75 Å². The number of hydrogen-bond donors (Lipinski definition) is 5. The highest BCUT2D eigenvalue weighted by molar-refractivity contribution is 8.00. The number of aliphatic hydroxyl groups is 1. The SMILES string of the molecule is COc1cnc2ccc(=O)n(CCN3C[C@H](CNCc4ccc5c(n4)NC(=O)CS5)[C@H](O)C3)c2c1.O=C(O)C=CC(=O)O. The van der Waals surface area contributed by atoms with Crippen LogP contribution in [0.25, 0.3) is 11.0 Å². The molecule has 5 rings (SSSR count). The number of methoxy groups -OCH3 is 1. The third kappa shape index (κ3) is 8.84. The Balaban J connectivity index is 0.000000467. The molecule has 0 unspecified atom stereocenters. The summed E-state index contributed by atoms with van der Waals surface area (Å²) in [6.07, 6.45) is 2.31.